The lowest BCUT2D eigenvalue weighted by atomic mass is 10.1. The van der Waals surface area contributed by atoms with Crippen LogP contribution in [-0.2, 0) is 30.9 Å². The van der Waals surface area contributed by atoms with Crippen LogP contribution in [0.25, 0.3) is 0 Å². The smallest absolute Gasteiger partial charge is 0.325 e. The largest absolute Gasteiger partial charge is 0.480 e. The van der Waals surface area contributed by atoms with Crippen LogP contribution in [0.15, 0.2) is 36.9 Å². The zero-order valence-corrected chi connectivity index (χ0v) is 15.6. The van der Waals surface area contributed by atoms with E-state index in [9.17, 15) is 18.0 Å². The molecule has 26 heavy (non-hydrogen) atoms. The third-order valence-corrected chi connectivity index (χ3v) is 4.04. The number of carbonyl (C=O) groups excluding carboxylic acids is 1. The van der Waals surface area contributed by atoms with Gasteiger partial charge >= 0.3 is 11.9 Å². The van der Waals surface area contributed by atoms with E-state index in [0.29, 0.717) is 12.0 Å². The summed E-state index contributed by atoms with van der Waals surface area (Å²) in [4.78, 5) is 22.4. The summed E-state index contributed by atoms with van der Waals surface area (Å²) in [6.45, 7) is 9.22. The first-order valence-electron chi connectivity index (χ1n) is 7.83. The lowest BCUT2D eigenvalue weighted by molar-refractivity contribution is -0.141. The summed E-state index contributed by atoms with van der Waals surface area (Å²) in [5.74, 6) is -2.72. The number of hydrogen-bond donors (Lipinski definition) is 2. The fourth-order valence-electron chi connectivity index (χ4n) is 1.77. The van der Waals surface area contributed by atoms with Gasteiger partial charge in [-0.15, -0.1) is 6.58 Å². The predicted molar refractivity (Wildman–Crippen MR) is 95.7 cm³/mol. The van der Waals surface area contributed by atoms with Crippen LogP contribution in [0.1, 0.15) is 25.8 Å². The van der Waals surface area contributed by atoms with E-state index < -0.39 is 33.7 Å². The van der Waals surface area contributed by atoms with Crippen LogP contribution in [0, 0.1) is 0 Å². The van der Waals surface area contributed by atoms with Gasteiger partial charge in [0, 0.05) is 13.2 Å². The van der Waals surface area contributed by atoms with Crippen molar-refractivity contribution in [2.45, 2.75) is 31.9 Å². The average Bonchev–Trinajstić information content (AvgIpc) is 2.55. The second-order valence-electron chi connectivity index (χ2n) is 4.90. The number of esters is 1. The van der Waals surface area contributed by atoms with Gasteiger partial charge in [0.25, 0.3) is 10.1 Å². The second kappa shape index (κ2) is 12.2. The highest BCUT2D eigenvalue weighted by Crippen LogP contribution is 2.20. The van der Waals surface area contributed by atoms with Gasteiger partial charge in [-0.2, -0.15) is 8.42 Å². The molecule has 0 aromatic heterocycles. The van der Waals surface area contributed by atoms with Gasteiger partial charge in [0.05, 0.1) is 6.42 Å². The summed E-state index contributed by atoms with van der Waals surface area (Å²) in [5.41, 5.74) is 0.639. The number of para-hydroxylation sites is 1. The van der Waals surface area contributed by atoms with Crippen molar-refractivity contribution in [3.05, 3.63) is 42.5 Å². The highest BCUT2D eigenvalue weighted by molar-refractivity contribution is 7.87. The number of rotatable bonds is 9. The van der Waals surface area contributed by atoms with Crippen molar-refractivity contribution in [1.82, 2.24) is 0 Å². The number of carboxylic acid groups (broad SMARTS) is 1. The fraction of sp³-hybridized carbons (Fsp3) is 0.412. The molecule has 0 saturated carbocycles. The number of aliphatic carboxylic acids is 1. The van der Waals surface area contributed by atoms with E-state index in [1.54, 1.807) is 24.3 Å². The van der Waals surface area contributed by atoms with Crippen molar-refractivity contribution in [2.75, 3.05) is 13.2 Å². The molecule has 1 aromatic rings. The van der Waals surface area contributed by atoms with Crippen LogP contribution in [0.5, 0.6) is 5.75 Å². The zero-order chi connectivity index (χ0) is 20.2. The lowest BCUT2D eigenvalue weighted by Crippen LogP contribution is -2.33. The molecular weight excluding hydrogens is 364 g/mol. The van der Waals surface area contributed by atoms with Crippen LogP contribution in [0.2, 0.25) is 0 Å². The summed E-state index contributed by atoms with van der Waals surface area (Å²) < 4.78 is 40.3. The van der Waals surface area contributed by atoms with Crippen molar-refractivity contribution < 1.29 is 37.1 Å². The molecule has 2 N–H and O–H groups in total. The summed E-state index contributed by atoms with van der Waals surface area (Å²) in [6, 6.07) is 6.49. The molecule has 0 aliphatic rings. The molecule has 0 heterocycles. The summed E-state index contributed by atoms with van der Waals surface area (Å²) in [7, 11) is -4.89. The molecule has 0 amide bonds. The minimum Gasteiger partial charge on any atom is -0.480 e. The van der Waals surface area contributed by atoms with Crippen molar-refractivity contribution in [3.63, 3.8) is 0 Å². The molecule has 1 aromatic carbocycles. The maximum absolute atomic E-state index is 11.6. The number of ether oxygens (including phenoxy) is 2. The van der Waals surface area contributed by atoms with Gasteiger partial charge in [0.1, 0.15) is 5.75 Å². The monoisotopic (exact) mass is 388 g/mol. The molecule has 0 radical (unpaired) electrons. The SMILES string of the molecule is C=CCc1ccccc1OC(=O)CC(C(=O)O)S(=O)(=O)O.CCOCC. The van der Waals surface area contributed by atoms with Gasteiger partial charge in [-0.3, -0.25) is 14.1 Å². The van der Waals surface area contributed by atoms with Gasteiger partial charge in [-0.25, -0.2) is 0 Å². The second-order valence-corrected chi connectivity index (χ2v) is 6.50. The first-order chi connectivity index (χ1) is 12.2. The van der Waals surface area contributed by atoms with E-state index in [2.05, 4.69) is 6.58 Å². The molecule has 0 fully saturated rings. The Morgan fingerprint density at radius 1 is 1.23 bits per heavy atom. The van der Waals surface area contributed by atoms with E-state index in [1.807, 2.05) is 13.8 Å². The first-order valence-corrected chi connectivity index (χ1v) is 9.33. The first kappa shape index (κ1) is 23.8. The van der Waals surface area contributed by atoms with Crippen molar-refractivity contribution >= 4 is 22.1 Å². The molecule has 1 atom stereocenters. The Balaban J connectivity index is 0.00000110. The van der Waals surface area contributed by atoms with Gasteiger partial charge in [-0.1, -0.05) is 24.3 Å². The number of benzene rings is 1. The number of allylic oxidation sites excluding steroid dienone is 1. The average molecular weight is 388 g/mol. The zero-order valence-electron chi connectivity index (χ0n) is 14.8. The Labute approximate surface area is 153 Å². The Hall–Kier alpha value is -2.23. The standard InChI is InChI=1S/C13H14O7S.C4H10O/c1-2-5-9-6-3-4-7-10(9)20-12(14)8-11(13(15)16)21(17,18)19;1-3-5-4-2/h2-4,6-7,11H,1,5,8H2,(H,15,16)(H,17,18,19);3-4H2,1-2H3. The molecule has 0 saturated heterocycles. The van der Waals surface area contributed by atoms with Gasteiger partial charge in [0.2, 0.25) is 0 Å². The minimum atomic E-state index is -4.89. The molecule has 1 unspecified atom stereocenters. The van der Waals surface area contributed by atoms with E-state index in [4.69, 9.17) is 19.1 Å². The quantitative estimate of drug-likeness (QED) is 0.285. The van der Waals surface area contributed by atoms with Crippen LogP contribution in [0.4, 0.5) is 0 Å². The fourth-order valence-corrected chi connectivity index (χ4v) is 2.37. The van der Waals surface area contributed by atoms with E-state index in [0.717, 1.165) is 13.2 Å². The van der Waals surface area contributed by atoms with E-state index in [1.165, 1.54) is 6.07 Å². The summed E-state index contributed by atoms with van der Waals surface area (Å²) in [5, 5.41) is 6.45. The molecule has 0 aliphatic carbocycles. The molecule has 9 heteroatoms. The highest BCUT2D eigenvalue weighted by Gasteiger charge is 2.34. The number of carbonyl (C=O) groups is 2. The third kappa shape index (κ3) is 9.30. The van der Waals surface area contributed by atoms with E-state index >= 15 is 0 Å². The van der Waals surface area contributed by atoms with Gasteiger partial charge in [-0.05, 0) is 31.9 Å². The molecule has 8 nitrogen and oxygen atoms in total. The molecule has 0 spiro atoms. The Kier molecular flexibility index (Phi) is 11.1. The molecular formula is C17H24O8S. The van der Waals surface area contributed by atoms with Crippen LogP contribution < -0.4 is 4.74 Å². The van der Waals surface area contributed by atoms with Crippen molar-refractivity contribution in [3.8, 4) is 5.75 Å². The van der Waals surface area contributed by atoms with Crippen LogP contribution >= 0.6 is 0 Å². The van der Waals surface area contributed by atoms with Gasteiger partial charge in [0.15, 0.2) is 5.25 Å². The number of carboxylic acids is 1. The van der Waals surface area contributed by atoms with Crippen molar-refractivity contribution in [1.29, 1.82) is 0 Å². The van der Waals surface area contributed by atoms with Crippen molar-refractivity contribution in [2.24, 2.45) is 0 Å². The van der Waals surface area contributed by atoms with Crippen LogP contribution in [0.3, 0.4) is 0 Å². The topological polar surface area (TPSA) is 127 Å². The molecule has 0 bridgehead atoms. The maximum atomic E-state index is 11.6. The molecule has 0 aliphatic heterocycles. The Bertz CT molecular complexity index is 694. The third-order valence-electron chi connectivity index (χ3n) is 2.96. The van der Waals surface area contributed by atoms with E-state index in [-0.39, 0.29) is 5.75 Å². The molecule has 146 valence electrons. The number of hydrogen-bond acceptors (Lipinski definition) is 6. The summed E-state index contributed by atoms with van der Waals surface area (Å²) in [6.07, 6.45) is 1.02. The highest BCUT2D eigenvalue weighted by atomic mass is 32.2. The minimum absolute atomic E-state index is 0.182. The molecule has 1 rings (SSSR count). The predicted octanol–water partition coefficient (Wildman–Crippen LogP) is 2.09. The Morgan fingerprint density at radius 2 is 1.81 bits per heavy atom. The normalized spacial score (nSPS) is 11.7. The van der Waals surface area contributed by atoms with Crippen LogP contribution in [-0.4, -0.2) is 48.5 Å². The maximum Gasteiger partial charge on any atom is 0.325 e. The summed E-state index contributed by atoms with van der Waals surface area (Å²) >= 11 is 0. The lowest BCUT2D eigenvalue weighted by Gasteiger charge is -2.11. The van der Waals surface area contributed by atoms with Gasteiger partial charge < -0.3 is 14.6 Å². The Morgan fingerprint density at radius 3 is 2.23 bits per heavy atom.